The number of furan rings is 1. The van der Waals surface area contributed by atoms with Crippen molar-refractivity contribution >= 4 is 35.4 Å². The fraction of sp³-hybridized carbons (Fsp3) is 0.400. The molecular weight excluding hydrogens is 556 g/mol. The van der Waals surface area contributed by atoms with Gasteiger partial charge in [0.05, 0.1) is 12.7 Å². The molecule has 1 aromatic carbocycles. The fourth-order valence-corrected chi connectivity index (χ4v) is 5.14. The molecule has 13 heteroatoms. The molecule has 3 heterocycles. The van der Waals surface area contributed by atoms with Gasteiger partial charge < -0.3 is 36.7 Å². The van der Waals surface area contributed by atoms with Crippen LogP contribution in [0.15, 0.2) is 59.2 Å². The van der Waals surface area contributed by atoms with Crippen LogP contribution < -0.4 is 32.3 Å². The molecule has 2 aliphatic heterocycles. The summed E-state index contributed by atoms with van der Waals surface area (Å²) in [5, 5.41) is 13.5. The van der Waals surface area contributed by atoms with Crippen LogP contribution in [0, 0.1) is 5.92 Å². The number of amides is 6. The summed E-state index contributed by atoms with van der Waals surface area (Å²) in [7, 11) is 0. The maximum Gasteiger partial charge on any atom is 0.244 e. The number of rotatable bonds is 3. The van der Waals surface area contributed by atoms with Gasteiger partial charge in [-0.2, -0.15) is 0 Å². The molecule has 0 spiro atoms. The monoisotopic (exact) mass is 592 g/mol. The second-order valence-corrected chi connectivity index (χ2v) is 10.7. The second kappa shape index (κ2) is 14.8. The van der Waals surface area contributed by atoms with Crippen molar-refractivity contribution < 1.29 is 33.2 Å². The predicted octanol–water partition coefficient (Wildman–Crippen LogP) is -0.503. The number of carbonyl (C=O) groups is 6. The van der Waals surface area contributed by atoms with E-state index in [1.54, 1.807) is 36.4 Å². The van der Waals surface area contributed by atoms with Crippen molar-refractivity contribution in [2.24, 2.45) is 11.7 Å². The number of fused-ring (bicyclic) bond motifs is 16. The summed E-state index contributed by atoms with van der Waals surface area (Å²) in [5.74, 6) is -2.96. The van der Waals surface area contributed by atoms with Gasteiger partial charge in [-0.25, -0.2) is 0 Å². The summed E-state index contributed by atoms with van der Waals surface area (Å²) in [5.41, 5.74) is 6.70. The van der Waals surface area contributed by atoms with Gasteiger partial charge in [0.1, 0.15) is 17.8 Å². The minimum Gasteiger partial charge on any atom is -0.469 e. The van der Waals surface area contributed by atoms with Crippen LogP contribution in [0.3, 0.4) is 0 Å². The van der Waals surface area contributed by atoms with Crippen molar-refractivity contribution in [2.45, 2.75) is 63.2 Å². The maximum atomic E-state index is 13.3. The highest BCUT2D eigenvalue weighted by Crippen LogP contribution is 2.25. The van der Waals surface area contributed by atoms with Crippen LogP contribution in [0.4, 0.5) is 0 Å². The molecule has 1 saturated carbocycles. The number of primary amides is 1. The standard InChI is InChI=1S/C30H36N6O7/c31-28(40)24-17-32-25(37)11-12-26(38)34-21-9-7-18(8-10-21)29(41)36-23(15-22-6-3-13-43-22)30(42)33-16-20-5-2-1-4-19(20)14-27(39)35-24/h1-6,11-13,18,21,23-24H,7-10,14-17H2,(H2,31,40)(H,32,37)(H,33,42)(H,34,38)(H,35,39)(H,36,41)/b12-11-/t18-,21+,23-,24-/m0/s1. The summed E-state index contributed by atoms with van der Waals surface area (Å²) >= 11 is 0. The lowest BCUT2D eigenvalue weighted by Gasteiger charge is -2.29. The highest BCUT2D eigenvalue weighted by molar-refractivity contribution is 5.97. The molecule has 1 fully saturated rings. The Morgan fingerprint density at radius 3 is 2.23 bits per heavy atom. The lowest BCUT2D eigenvalue weighted by atomic mass is 9.85. The molecule has 13 nitrogen and oxygen atoms in total. The van der Waals surface area contributed by atoms with Crippen LogP contribution in [0.25, 0.3) is 0 Å². The lowest BCUT2D eigenvalue weighted by Crippen LogP contribution is -2.51. The van der Waals surface area contributed by atoms with E-state index in [0.29, 0.717) is 42.6 Å². The third-order valence-corrected chi connectivity index (χ3v) is 7.53. The van der Waals surface area contributed by atoms with Crippen molar-refractivity contribution in [3.63, 3.8) is 0 Å². The van der Waals surface area contributed by atoms with E-state index < -0.39 is 41.6 Å². The van der Waals surface area contributed by atoms with Crippen molar-refractivity contribution in [3.8, 4) is 0 Å². The Bertz CT molecular complexity index is 1360. The van der Waals surface area contributed by atoms with Gasteiger partial charge in [0.25, 0.3) is 0 Å². The summed E-state index contributed by atoms with van der Waals surface area (Å²) < 4.78 is 5.43. The topological polar surface area (TPSA) is 202 Å². The molecule has 228 valence electrons. The Kier molecular flexibility index (Phi) is 10.7. The average Bonchev–Trinajstić information content (AvgIpc) is 3.50. The summed E-state index contributed by atoms with van der Waals surface area (Å²) in [6, 6.07) is 8.15. The first kappa shape index (κ1) is 31.0. The third kappa shape index (κ3) is 9.28. The number of carbonyl (C=O) groups excluding carboxylic acids is 6. The van der Waals surface area contributed by atoms with Gasteiger partial charge >= 0.3 is 0 Å². The summed E-state index contributed by atoms with van der Waals surface area (Å²) in [6.07, 6.45) is 5.75. The zero-order valence-electron chi connectivity index (χ0n) is 23.6. The van der Waals surface area contributed by atoms with Gasteiger partial charge in [0, 0.05) is 43.6 Å². The number of hydrogen-bond donors (Lipinski definition) is 6. The molecule has 1 aliphatic carbocycles. The molecule has 2 bridgehead atoms. The molecule has 43 heavy (non-hydrogen) atoms. The molecule has 1 aromatic heterocycles. The molecule has 0 radical (unpaired) electrons. The van der Waals surface area contributed by atoms with E-state index in [4.69, 9.17) is 10.2 Å². The highest BCUT2D eigenvalue weighted by Gasteiger charge is 2.30. The normalized spacial score (nSPS) is 25.3. The van der Waals surface area contributed by atoms with E-state index in [0.717, 1.165) is 12.2 Å². The van der Waals surface area contributed by atoms with E-state index in [-0.39, 0.29) is 43.8 Å². The predicted molar refractivity (Wildman–Crippen MR) is 153 cm³/mol. The Hall–Kier alpha value is -4.94. The quantitative estimate of drug-likeness (QED) is 0.276. The van der Waals surface area contributed by atoms with Gasteiger partial charge in [-0.3, -0.25) is 28.8 Å². The Balaban J connectivity index is 1.54. The van der Waals surface area contributed by atoms with E-state index in [2.05, 4.69) is 26.6 Å². The molecule has 6 amide bonds. The van der Waals surface area contributed by atoms with Gasteiger partial charge in [0.2, 0.25) is 35.4 Å². The Morgan fingerprint density at radius 1 is 0.814 bits per heavy atom. The van der Waals surface area contributed by atoms with Crippen molar-refractivity contribution in [1.29, 1.82) is 0 Å². The smallest absolute Gasteiger partial charge is 0.244 e. The summed E-state index contributed by atoms with van der Waals surface area (Å²) in [4.78, 5) is 75.9. The number of hydrogen-bond acceptors (Lipinski definition) is 7. The summed E-state index contributed by atoms with van der Waals surface area (Å²) in [6.45, 7) is -0.190. The second-order valence-electron chi connectivity index (χ2n) is 10.7. The van der Waals surface area contributed by atoms with E-state index in [1.807, 2.05) is 0 Å². The molecule has 0 saturated heterocycles. The Morgan fingerprint density at radius 2 is 1.53 bits per heavy atom. The Labute approximate surface area is 248 Å². The first-order valence-electron chi connectivity index (χ1n) is 14.2. The van der Waals surface area contributed by atoms with E-state index in [9.17, 15) is 28.8 Å². The zero-order chi connectivity index (χ0) is 30.8. The SMILES string of the molecule is NC(=O)[C@@H]1CNC(=O)/C=C\C(=O)N[C@H]2CC[C@H](CC2)C(=O)N[C@@H](Cc2ccco2)C(=O)NCc2ccccc2CC(=O)N1. The van der Waals surface area contributed by atoms with Crippen LogP contribution in [-0.2, 0) is 48.2 Å². The molecule has 2 atom stereocenters. The van der Waals surface area contributed by atoms with Crippen LogP contribution in [0.1, 0.15) is 42.6 Å². The van der Waals surface area contributed by atoms with Crippen LogP contribution in [0.2, 0.25) is 0 Å². The average molecular weight is 593 g/mol. The van der Waals surface area contributed by atoms with Gasteiger partial charge in [-0.05, 0) is 48.9 Å². The number of nitrogens with two attached hydrogens (primary N) is 1. The van der Waals surface area contributed by atoms with E-state index in [1.165, 1.54) is 6.26 Å². The fourth-order valence-electron chi connectivity index (χ4n) is 5.14. The molecular formula is C30H36N6O7. The van der Waals surface area contributed by atoms with Crippen LogP contribution >= 0.6 is 0 Å². The lowest BCUT2D eigenvalue weighted by molar-refractivity contribution is -0.132. The van der Waals surface area contributed by atoms with Crippen molar-refractivity contribution in [2.75, 3.05) is 6.54 Å². The molecule has 5 rings (SSSR count). The minimum atomic E-state index is -1.19. The molecule has 7 N–H and O–H groups in total. The number of benzene rings is 1. The van der Waals surface area contributed by atoms with Crippen molar-refractivity contribution in [1.82, 2.24) is 26.6 Å². The van der Waals surface area contributed by atoms with Crippen molar-refractivity contribution in [3.05, 3.63) is 71.7 Å². The maximum absolute atomic E-state index is 13.3. The largest absolute Gasteiger partial charge is 0.469 e. The molecule has 2 aromatic rings. The minimum absolute atomic E-state index is 0.0826. The van der Waals surface area contributed by atoms with Gasteiger partial charge in [0.15, 0.2) is 0 Å². The highest BCUT2D eigenvalue weighted by atomic mass is 16.3. The molecule has 3 aliphatic rings. The van der Waals surface area contributed by atoms with Crippen LogP contribution in [0.5, 0.6) is 0 Å². The number of nitrogens with one attached hydrogen (secondary N) is 5. The zero-order valence-corrected chi connectivity index (χ0v) is 23.6. The van der Waals surface area contributed by atoms with E-state index >= 15 is 0 Å². The van der Waals surface area contributed by atoms with Gasteiger partial charge in [-0.1, -0.05) is 24.3 Å². The first-order chi connectivity index (χ1) is 20.7. The third-order valence-electron chi connectivity index (χ3n) is 7.53. The first-order valence-corrected chi connectivity index (χ1v) is 14.2. The molecule has 0 unspecified atom stereocenters. The van der Waals surface area contributed by atoms with Gasteiger partial charge in [-0.15, -0.1) is 0 Å². The van der Waals surface area contributed by atoms with Crippen LogP contribution in [-0.4, -0.2) is 60.1 Å².